The normalized spacial score (nSPS) is 10.6. The lowest BCUT2D eigenvalue weighted by atomic mass is 10.2. The molecule has 0 aliphatic heterocycles. The first-order chi connectivity index (χ1) is 7.22. The third-order valence-corrected chi connectivity index (χ3v) is 2.32. The second kappa shape index (κ2) is 7.07. The van der Waals surface area contributed by atoms with Crippen molar-refractivity contribution in [3.8, 4) is 0 Å². The smallest absolute Gasteiger partial charge is 0.0590 e. The van der Waals surface area contributed by atoms with Crippen LogP contribution in [0.1, 0.15) is 12.5 Å². The lowest BCUT2D eigenvalue weighted by Gasteiger charge is -2.06. The van der Waals surface area contributed by atoms with Crippen LogP contribution in [-0.4, -0.2) is 19.8 Å². The van der Waals surface area contributed by atoms with E-state index in [-0.39, 0.29) is 0 Å². The summed E-state index contributed by atoms with van der Waals surface area (Å²) in [5.41, 5.74) is 1.09. The van der Waals surface area contributed by atoms with E-state index in [1.165, 1.54) is 0 Å². The first-order valence-corrected chi connectivity index (χ1v) is 5.71. The molecular formula is C11H15Cl2NO. The van der Waals surface area contributed by atoms with E-state index >= 15 is 0 Å². The SMILES string of the molecule is CCOCCNCc1cc(Cl)cc(Cl)c1. The van der Waals surface area contributed by atoms with Crippen molar-refractivity contribution in [3.05, 3.63) is 33.8 Å². The Hall–Kier alpha value is -0.280. The molecular weight excluding hydrogens is 233 g/mol. The van der Waals surface area contributed by atoms with Gasteiger partial charge in [-0.3, -0.25) is 0 Å². The van der Waals surface area contributed by atoms with Crippen molar-refractivity contribution in [3.63, 3.8) is 0 Å². The molecule has 0 saturated carbocycles. The van der Waals surface area contributed by atoms with E-state index in [0.29, 0.717) is 10.0 Å². The van der Waals surface area contributed by atoms with Gasteiger partial charge in [-0.05, 0) is 30.7 Å². The predicted octanol–water partition coefficient (Wildman–Crippen LogP) is 3.12. The van der Waals surface area contributed by atoms with Crippen molar-refractivity contribution in [1.82, 2.24) is 5.32 Å². The van der Waals surface area contributed by atoms with Crippen LogP contribution in [0.4, 0.5) is 0 Å². The molecule has 1 N–H and O–H groups in total. The Morgan fingerprint density at radius 3 is 2.47 bits per heavy atom. The molecule has 0 saturated heterocycles. The summed E-state index contributed by atoms with van der Waals surface area (Å²) in [6.07, 6.45) is 0. The number of hydrogen-bond acceptors (Lipinski definition) is 2. The van der Waals surface area contributed by atoms with Crippen molar-refractivity contribution < 1.29 is 4.74 Å². The lowest BCUT2D eigenvalue weighted by molar-refractivity contribution is 0.149. The molecule has 0 radical (unpaired) electrons. The van der Waals surface area contributed by atoms with Gasteiger partial charge in [0.25, 0.3) is 0 Å². The molecule has 2 nitrogen and oxygen atoms in total. The largest absolute Gasteiger partial charge is 0.380 e. The Morgan fingerprint density at radius 2 is 1.87 bits per heavy atom. The fourth-order valence-electron chi connectivity index (χ4n) is 1.23. The van der Waals surface area contributed by atoms with Crippen LogP contribution < -0.4 is 5.32 Å². The number of rotatable bonds is 6. The summed E-state index contributed by atoms with van der Waals surface area (Å²) in [5, 5.41) is 4.59. The van der Waals surface area contributed by atoms with Gasteiger partial charge >= 0.3 is 0 Å². The highest BCUT2D eigenvalue weighted by atomic mass is 35.5. The van der Waals surface area contributed by atoms with Crippen molar-refractivity contribution in [1.29, 1.82) is 0 Å². The first-order valence-electron chi connectivity index (χ1n) is 4.96. The molecule has 1 aromatic rings. The van der Waals surface area contributed by atoms with Gasteiger partial charge in [0.15, 0.2) is 0 Å². The van der Waals surface area contributed by atoms with Gasteiger partial charge in [-0.15, -0.1) is 0 Å². The highest BCUT2D eigenvalue weighted by Gasteiger charge is 1.97. The van der Waals surface area contributed by atoms with Gasteiger partial charge in [-0.25, -0.2) is 0 Å². The van der Waals surface area contributed by atoms with Gasteiger partial charge in [0.2, 0.25) is 0 Å². The van der Waals surface area contributed by atoms with Crippen LogP contribution >= 0.6 is 23.2 Å². The maximum atomic E-state index is 5.88. The summed E-state index contributed by atoms with van der Waals surface area (Å²) >= 11 is 11.8. The Labute approximate surface area is 101 Å². The van der Waals surface area contributed by atoms with Crippen LogP contribution in [0.5, 0.6) is 0 Å². The summed E-state index contributed by atoms with van der Waals surface area (Å²) in [4.78, 5) is 0. The zero-order chi connectivity index (χ0) is 11.1. The van der Waals surface area contributed by atoms with Gasteiger partial charge < -0.3 is 10.1 Å². The third-order valence-electron chi connectivity index (χ3n) is 1.88. The van der Waals surface area contributed by atoms with E-state index in [9.17, 15) is 0 Å². The Morgan fingerprint density at radius 1 is 1.20 bits per heavy atom. The molecule has 0 aromatic heterocycles. The summed E-state index contributed by atoms with van der Waals surface area (Å²) in [6, 6.07) is 5.54. The molecule has 15 heavy (non-hydrogen) atoms. The lowest BCUT2D eigenvalue weighted by Crippen LogP contribution is -2.19. The summed E-state index contributed by atoms with van der Waals surface area (Å²) in [5.74, 6) is 0. The predicted molar refractivity (Wildman–Crippen MR) is 64.7 cm³/mol. The summed E-state index contributed by atoms with van der Waals surface area (Å²) in [6.45, 7) is 5.05. The number of benzene rings is 1. The van der Waals surface area contributed by atoms with E-state index in [1.807, 2.05) is 19.1 Å². The minimum atomic E-state index is 0.670. The topological polar surface area (TPSA) is 21.3 Å². The second-order valence-electron chi connectivity index (χ2n) is 3.15. The van der Waals surface area contributed by atoms with E-state index < -0.39 is 0 Å². The highest BCUT2D eigenvalue weighted by molar-refractivity contribution is 6.34. The first kappa shape index (κ1) is 12.8. The number of nitrogens with one attached hydrogen (secondary N) is 1. The fourth-order valence-corrected chi connectivity index (χ4v) is 1.81. The Kier molecular flexibility index (Phi) is 6.03. The molecule has 1 aromatic carbocycles. The van der Waals surface area contributed by atoms with Crippen LogP contribution in [0.2, 0.25) is 10.0 Å². The minimum Gasteiger partial charge on any atom is -0.380 e. The van der Waals surface area contributed by atoms with Gasteiger partial charge in [-0.2, -0.15) is 0 Å². The molecule has 0 atom stereocenters. The molecule has 0 bridgehead atoms. The van der Waals surface area contributed by atoms with Crippen LogP contribution in [0.25, 0.3) is 0 Å². The average molecular weight is 248 g/mol. The molecule has 0 unspecified atom stereocenters. The number of ether oxygens (including phenoxy) is 1. The summed E-state index contributed by atoms with van der Waals surface area (Å²) in [7, 11) is 0. The van der Waals surface area contributed by atoms with Crippen molar-refractivity contribution in [2.24, 2.45) is 0 Å². The maximum absolute atomic E-state index is 5.88. The molecule has 4 heteroatoms. The molecule has 84 valence electrons. The van der Waals surface area contributed by atoms with Crippen molar-refractivity contribution >= 4 is 23.2 Å². The maximum Gasteiger partial charge on any atom is 0.0590 e. The molecule has 0 aliphatic rings. The van der Waals surface area contributed by atoms with Crippen LogP contribution in [0.3, 0.4) is 0 Å². The quantitative estimate of drug-likeness (QED) is 0.781. The van der Waals surface area contributed by atoms with Crippen molar-refractivity contribution in [2.75, 3.05) is 19.8 Å². The van der Waals surface area contributed by atoms with E-state index in [1.54, 1.807) is 6.07 Å². The van der Waals surface area contributed by atoms with E-state index in [2.05, 4.69) is 5.32 Å². The number of hydrogen-bond donors (Lipinski definition) is 1. The summed E-state index contributed by atoms with van der Waals surface area (Å²) < 4.78 is 5.20. The van der Waals surface area contributed by atoms with Crippen LogP contribution in [0.15, 0.2) is 18.2 Å². The Bertz CT molecular complexity index is 284. The molecule has 1 rings (SSSR count). The van der Waals surface area contributed by atoms with Crippen molar-refractivity contribution in [2.45, 2.75) is 13.5 Å². The minimum absolute atomic E-state index is 0.670. The van der Waals surface area contributed by atoms with Crippen LogP contribution in [0, 0.1) is 0 Å². The molecule has 0 aliphatic carbocycles. The van der Waals surface area contributed by atoms with Gasteiger partial charge in [0.1, 0.15) is 0 Å². The standard InChI is InChI=1S/C11H15Cl2NO/c1-2-15-4-3-14-8-9-5-10(12)7-11(13)6-9/h5-7,14H,2-4,8H2,1H3. The molecule has 0 spiro atoms. The third kappa shape index (κ3) is 5.38. The van der Waals surface area contributed by atoms with Crippen LogP contribution in [-0.2, 0) is 11.3 Å². The highest BCUT2D eigenvalue weighted by Crippen LogP contribution is 2.18. The van der Waals surface area contributed by atoms with E-state index in [4.69, 9.17) is 27.9 Å². The van der Waals surface area contributed by atoms with Gasteiger partial charge in [-0.1, -0.05) is 23.2 Å². The van der Waals surface area contributed by atoms with Gasteiger partial charge in [0, 0.05) is 29.7 Å². The number of halogens is 2. The second-order valence-corrected chi connectivity index (χ2v) is 4.02. The average Bonchev–Trinajstić information content (AvgIpc) is 2.16. The zero-order valence-corrected chi connectivity index (χ0v) is 10.2. The molecule has 0 fully saturated rings. The van der Waals surface area contributed by atoms with Gasteiger partial charge in [0.05, 0.1) is 6.61 Å². The zero-order valence-electron chi connectivity index (χ0n) is 8.72. The monoisotopic (exact) mass is 247 g/mol. The fraction of sp³-hybridized carbons (Fsp3) is 0.455. The molecule has 0 heterocycles. The molecule has 0 amide bonds. The van der Waals surface area contributed by atoms with E-state index in [0.717, 1.165) is 31.9 Å². The Balaban J connectivity index is 2.31.